The molecule has 0 heterocycles. The molecule has 1 amide bonds. The van der Waals surface area contributed by atoms with Crippen molar-refractivity contribution in [3.63, 3.8) is 0 Å². The van der Waals surface area contributed by atoms with E-state index in [0.29, 0.717) is 0 Å². The summed E-state index contributed by atoms with van der Waals surface area (Å²) in [6.45, 7) is 3.63. The minimum atomic E-state index is 0. The highest BCUT2D eigenvalue weighted by Gasteiger charge is 2.03. The molecular weight excluding hydrogens is 138 g/mol. The van der Waals surface area contributed by atoms with Gasteiger partial charge in [-0.05, 0) is 25.8 Å². The average molecular weight is 153 g/mol. The maximum absolute atomic E-state index is 10.6. The fourth-order valence-electron chi connectivity index (χ4n) is 1.07. The summed E-state index contributed by atoms with van der Waals surface area (Å²) < 4.78 is 0. The van der Waals surface area contributed by atoms with Gasteiger partial charge in [-0.2, -0.15) is 0 Å². The van der Waals surface area contributed by atoms with E-state index in [-0.39, 0.29) is 7.33 Å². The molecule has 0 saturated heterocycles. The Labute approximate surface area is 68.5 Å². The molecule has 0 radical (unpaired) electrons. The number of carbonyl (C=O) groups is 1. The zero-order valence-corrected chi connectivity index (χ0v) is 6.98. The Morgan fingerprint density at radius 1 is 1.55 bits per heavy atom. The van der Waals surface area contributed by atoms with Gasteiger partial charge in [-0.15, -0.1) is 0 Å². The number of allylic oxidation sites excluding steroid dienone is 4. The number of hydrogen-bond acceptors (Lipinski definition) is 1. The lowest BCUT2D eigenvalue weighted by atomic mass is 10.0. The Balaban J connectivity index is 0.00000121. The van der Waals surface area contributed by atoms with Gasteiger partial charge in [0.15, 0.2) is 0 Å². The van der Waals surface area contributed by atoms with E-state index in [1.54, 1.807) is 0 Å². The summed E-state index contributed by atoms with van der Waals surface area (Å²) in [5.74, 6) is 0.0178. The SMILES string of the molecule is CC(=O)NC1=CC=C(C)CC1.[HH]. The Morgan fingerprint density at radius 2 is 2.27 bits per heavy atom. The third kappa shape index (κ3) is 2.58. The van der Waals surface area contributed by atoms with Gasteiger partial charge in [-0.1, -0.05) is 11.6 Å². The van der Waals surface area contributed by atoms with Crippen molar-refractivity contribution in [2.75, 3.05) is 0 Å². The molecule has 0 unspecified atom stereocenters. The van der Waals surface area contributed by atoms with Gasteiger partial charge in [0.1, 0.15) is 0 Å². The van der Waals surface area contributed by atoms with E-state index in [0.717, 1.165) is 18.5 Å². The predicted molar refractivity (Wildman–Crippen MR) is 47.0 cm³/mol. The molecule has 1 aliphatic rings. The van der Waals surface area contributed by atoms with E-state index in [4.69, 9.17) is 0 Å². The van der Waals surface area contributed by atoms with Crippen LogP contribution in [0.2, 0.25) is 0 Å². The van der Waals surface area contributed by atoms with Crippen LogP contribution in [0.3, 0.4) is 0 Å². The molecule has 1 N–H and O–H groups in total. The molecule has 2 heteroatoms. The van der Waals surface area contributed by atoms with Gasteiger partial charge in [0.05, 0.1) is 0 Å². The summed E-state index contributed by atoms with van der Waals surface area (Å²) in [6.07, 6.45) is 6.04. The van der Waals surface area contributed by atoms with E-state index < -0.39 is 0 Å². The second-order valence-electron chi connectivity index (χ2n) is 2.89. The van der Waals surface area contributed by atoms with Crippen molar-refractivity contribution in [1.82, 2.24) is 5.32 Å². The second kappa shape index (κ2) is 3.37. The second-order valence-corrected chi connectivity index (χ2v) is 2.89. The topological polar surface area (TPSA) is 29.1 Å². The summed E-state index contributed by atoms with van der Waals surface area (Å²) in [5, 5.41) is 2.78. The smallest absolute Gasteiger partial charge is 0.220 e. The van der Waals surface area contributed by atoms with E-state index in [1.165, 1.54) is 12.5 Å². The standard InChI is InChI=1S/C9H13NO.H2/c1-7-3-5-9(6-4-7)10-8(2)11;/h3,5H,4,6H2,1-2H3,(H,10,11);1H. The molecule has 1 rings (SSSR count). The molecule has 2 nitrogen and oxygen atoms in total. The average Bonchev–Trinajstić information content (AvgIpc) is 1.93. The van der Waals surface area contributed by atoms with Crippen molar-refractivity contribution in [3.8, 4) is 0 Å². The molecule has 0 aromatic rings. The van der Waals surface area contributed by atoms with E-state index in [1.807, 2.05) is 6.08 Å². The van der Waals surface area contributed by atoms with Crippen LogP contribution in [0.1, 0.15) is 28.1 Å². The van der Waals surface area contributed by atoms with Crippen LogP contribution in [0.5, 0.6) is 0 Å². The maximum atomic E-state index is 10.6. The maximum Gasteiger partial charge on any atom is 0.220 e. The Hall–Kier alpha value is -1.05. The Morgan fingerprint density at radius 3 is 2.73 bits per heavy atom. The highest BCUT2D eigenvalue weighted by atomic mass is 16.1. The van der Waals surface area contributed by atoms with Gasteiger partial charge in [0, 0.05) is 14.0 Å². The van der Waals surface area contributed by atoms with Crippen LogP contribution >= 0.6 is 0 Å². The third-order valence-corrected chi connectivity index (χ3v) is 1.69. The lowest BCUT2D eigenvalue weighted by Crippen LogP contribution is -2.19. The van der Waals surface area contributed by atoms with Crippen molar-refractivity contribution in [2.45, 2.75) is 26.7 Å². The van der Waals surface area contributed by atoms with Crippen molar-refractivity contribution < 1.29 is 6.22 Å². The van der Waals surface area contributed by atoms with Gasteiger partial charge in [-0.3, -0.25) is 4.79 Å². The number of carbonyl (C=O) groups excluding carboxylic acids is 1. The third-order valence-electron chi connectivity index (χ3n) is 1.69. The van der Waals surface area contributed by atoms with Crippen LogP contribution in [0.15, 0.2) is 23.4 Å². The predicted octanol–water partition coefficient (Wildman–Crippen LogP) is 1.99. The molecule has 0 aromatic heterocycles. The molecule has 11 heavy (non-hydrogen) atoms. The van der Waals surface area contributed by atoms with Crippen LogP contribution in [-0.2, 0) is 4.79 Å². The molecule has 62 valence electrons. The molecule has 0 saturated carbocycles. The first-order valence-electron chi connectivity index (χ1n) is 3.82. The number of amides is 1. The van der Waals surface area contributed by atoms with Crippen molar-refractivity contribution in [3.05, 3.63) is 23.4 Å². The monoisotopic (exact) mass is 153 g/mol. The van der Waals surface area contributed by atoms with Gasteiger partial charge >= 0.3 is 0 Å². The molecule has 0 fully saturated rings. The van der Waals surface area contributed by atoms with Crippen LogP contribution in [-0.4, -0.2) is 5.91 Å². The van der Waals surface area contributed by atoms with Crippen molar-refractivity contribution >= 4 is 5.91 Å². The van der Waals surface area contributed by atoms with Crippen molar-refractivity contribution in [2.24, 2.45) is 0 Å². The first-order chi connectivity index (χ1) is 5.18. The lowest BCUT2D eigenvalue weighted by Gasteiger charge is -2.11. The molecule has 0 spiro atoms. The fourth-order valence-corrected chi connectivity index (χ4v) is 1.07. The molecule has 0 bridgehead atoms. The van der Waals surface area contributed by atoms with Gasteiger partial charge in [0.25, 0.3) is 0 Å². The Kier molecular flexibility index (Phi) is 2.47. The Bertz CT molecular complexity index is 231. The molecule has 0 aromatic carbocycles. The van der Waals surface area contributed by atoms with E-state index in [9.17, 15) is 4.79 Å². The highest BCUT2D eigenvalue weighted by Crippen LogP contribution is 2.15. The fraction of sp³-hybridized carbons (Fsp3) is 0.444. The molecule has 0 aliphatic heterocycles. The number of rotatable bonds is 1. The summed E-state index contributed by atoms with van der Waals surface area (Å²) in [7, 11) is 0. The van der Waals surface area contributed by atoms with Crippen LogP contribution in [0, 0.1) is 0 Å². The minimum Gasteiger partial charge on any atom is -0.330 e. The van der Waals surface area contributed by atoms with Gasteiger partial charge < -0.3 is 5.32 Å². The van der Waals surface area contributed by atoms with Crippen LogP contribution < -0.4 is 5.32 Å². The minimum absolute atomic E-state index is 0. The van der Waals surface area contributed by atoms with Crippen molar-refractivity contribution in [1.29, 1.82) is 0 Å². The largest absolute Gasteiger partial charge is 0.330 e. The zero-order chi connectivity index (χ0) is 8.27. The van der Waals surface area contributed by atoms with Gasteiger partial charge in [-0.25, -0.2) is 0 Å². The summed E-state index contributed by atoms with van der Waals surface area (Å²) >= 11 is 0. The normalized spacial score (nSPS) is 16.9. The molecule has 1 aliphatic carbocycles. The van der Waals surface area contributed by atoms with E-state index >= 15 is 0 Å². The summed E-state index contributed by atoms with van der Waals surface area (Å²) in [5.41, 5.74) is 2.40. The number of nitrogens with one attached hydrogen (secondary N) is 1. The van der Waals surface area contributed by atoms with Crippen LogP contribution in [0.4, 0.5) is 0 Å². The molecular formula is C9H15NO. The zero-order valence-electron chi connectivity index (χ0n) is 6.98. The van der Waals surface area contributed by atoms with Gasteiger partial charge in [0.2, 0.25) is 5.91 Å². The highest BCUT2D eigenvalue weighted by molar-refractivity contribution is 5.75. The molecule has 0 atom stereocenters. The van der Waals surface area contributed by atoms with Crippen LogP contribution in [0.25, 0.3) is 0 Å². The first kappa shape index (κ1) is 8.05. The van der Waals surface area contributed by atoms with E-state index in [2.05, 4.69) is 18.3 Å². The first-order valence-corrected chi connectivity index (χ1v) is 3.82. The summed E-state index contributed by atoms with van der Waals surface area (Å²) in [4.78, 5) is 10.6. The number of hydrogen-bond donors (Lipinski definition) is 1. The summed E-state index contributed by atoms with van der Waals surface area (Å²) in [6, 6.07) is 0. The quantitative estimate of drug-likeness (QED) is 0.613. The lowest BCUT2D eigenvalue weighted by molar-refractivity contribution is -0.118.